The van der Waals surface area contributed by atoms with Crippen molar-refractivity contribution in [2.45, 2.75) is 24.4 Å². The van der Waals surface area contributed by atoms with E-state index in [1.165, 1.54) is 21.3 Å². The van der Waals surface area contributed by atoms with Crippen LogP contribution in [-0.4, -0.2) is 68.6 Å². The van der Waals surface area contributed by atoms with Gasteiger partial charge in [0.25, 0.3) is 0 Å². The Labute approximate surface area is 106 Å². The molecule has 0 aromatic rings. The predicted molar refractivity (Wildman–Crippen MR) is 59.3 cm³/mol. The van der Waals surface area contributed by atoms with Crippen molar-refractivity contribution < 1.29 is 28.9 Å². The Morgan fingerprint density at radius 1 is 1.44 bits per heavy atom. The standard InChI is InChI=1S/C11H19NO6/c1-15-10(14)8-7(6-13)18-12-5-4-11(16-2,17-3)9(8)12/h7-9,13H,4-6H2,1-3H3/t7-,8-,9-/m0/s1. The van der Waals surface area contributed by atoms with Crippen LogP contribution in [0.4, 0.5) is 0 Å². The molecule has 0 bridgehead atoms. The largest absolute Gasteiger partial charge is 0.469 e. The van der Waals surface area contributed by atoms with Crippen LogP contribution in [-0.2, 0) is 23.8 Å². The Morgan fingerprint density at radius 2 is 2.11 bits per heavy atom. The number of hydrogen-bond donors (Lipinski definition) is 1. The average molecular weight is 261 g/mol. The van der Waals surface area contributed by atoms with Crippen molar-refractivity contribution in [1.29, 1.82) is 0 Å². The molecule has 7 heteroatoms. The van der Waals surface area contributed by atoms with Gasteiger partial charge in [0.15, 0.2) is 5.79 Å². The minimum absolute atomic E-state index is 0.254. The number of hydroxylamine groups is 2. The molecule has 0 aromatic carbocycles. The summed E-state index contributed by atoms with van der Waals surface area (Å²) in [4.78, 5) is 17.4. The Bertz CT molecular complexity index is 319. The molecule has 0 amide bonds. The summed E-state index contributed by atoms with van der Waals surface area (Å²) in [5.74, 6) is -1.95. The van der Waals surface area contributed by atoms with Gasteiger partial charge in [-0.2, -0.15) is 5.06 Å². The van der Waals surface area contributed by atoms with E-state index in [1.807, 2.05) is 0 Å². The van der Waals surface area contributed by atoms with E-state index in [9.17, 15) is 9.90 Å². The van der Waals surface area contributed by atoms with E-state index in [0.29, 0.717) is 13.0 Å². The predicted octanol–water partition coefficient (Wildman–Crippen LogP) is -0.855. The fourth-order valence-corrected chi connectivity index (χ4v) is 2.88. The Balaban J connectivity index is 2.31. The van der Waals surface area contributed by atoms with Crippen LogP contribution in [0.15, 0.2) is 0 Å². The summed E-state index contributed by atoms with van der Waals surface area (Å²) in [6.07, 6.45) is -0.0246. The summed E-state index contributed by atoms with van der Waals surface area (Å²) in [5, 5.41) is 11.0. The van der Waals surface area contributed by atoms with Crippen LogP contribution in [0.2, 0.25) is 0 Å². The maximum Gasteiger partial charge on any atom is 0.313 e. The van der Waals surface area contributed by atoms with Crippen molar-refractivity contribution in [2.24, 2.45) is 5.92 Å². The van der Waals surface area contributed by atoms with Gasteiger partial charge in [0.05, 0.1) is 13.7 Å². The van der Waals surface area contributed by atoms with E-state index >= 15 is 0 Å². The number of methoxy groups -OCH3 is 3. The topological polar surface area (TPSA) is 77.5 Å². The van der Waals surface area contributed by atoms with Gasteiger partial charge in [-0.1, -0.05) is 0 Å². The molecule has 2 saturated heterocycles. The zero-order valence-electron chi connectivity index (χ0n) is 10.8. The lowest BCUT2D eigenvalue weighted by Crippen LogP contribution is -2.51. The van der Waals surface area contributed by atoms with Gasteiger partial charge in [-0.05, 0) is 0 Å². The first-order valence-corrected chi connectivity index (χ1v) is 5.86. The lowest BCUT2D eigenvalue weighted by Gasteiger charge is -2.33. The molecule has 1 N–H and O–H groups in total. The van der Waals surface area contributed by atoms with E-state index in [2.05, 4.69) is 0 Å². The molecule has 2 aliphatic rings. The van der Waals surface area contributed by atoms with E-state index < -0.39 is 29.8 Å². The highest BCUT2D eigenvalue weighted by Gasteiger charge is 2.62. The van der Waals surface area contributed by atoms with Crippen LogP contribution in [0.5, 0.6) is 0 Å². The number of carbonyl (C=O) groups is 1. The van der Waals surface area contributed by atoms with Gasteiger partial charge in [-0.25, -0.2) is 0 Å². The Hall–Kier alpha value is -0.730. The van der Waals surface area contributed by atoms with E-state index in [1.54, 1.807) is 5.06 Å². The lowest BCUT2D eigenvalue weighted by atomic mass is 9.90. The number of aliphatic hydroxyl groups is 1. The van der Waals surface area contributed by atoms with E-state index in [4.69, 9.17) is 19.0 Å². The fourth-order valence-electron chi connectivity index (χ4n) is 2.88. The second kappa shape index (κ2) is 5.10. The average Bonchev–Trinajstić information content (AvgIpc) is 2.94. The number of carbonyl (C=O) groups excluding carboxylic acids is 1. The van der Waals surface area contributed by atoms with Gasteiger partial charge < -0.3 is 19.3 Å². The minimum atomic E-state index is -0.900. The number of nitrogens with zero attached hydrogens (tertiary/aromatic N) is 1. The van der Waals surface area contributed by atoms with Gasteiger partial charge in [-0.3, -0.25) is 9.63 Å². The molecule has 3 atom stereocenters. The quantitative estimate of drug-likeness (QED) is 0.521. The molecule has 18 heavy (non-hydrogen) atoms. The molecular weight excluding hydrogens is 242 g/mol. The molecule has 104 valence electrons. The third-order valence-corrected chi connectivity index (χ3v) is 3.80. The summed E-state index contributed by atoms with van der Waals surface area (Å²) in [6, 6.07) is -0.405. The Morgan fingerprint density at radius 3 is 2.61 bits per heavy atom. The number of esters is 1. The van der Waals surface area contributed by atoms with Gasteiger partial charge in [-0.15, -0.1) is 0 Å². The molecule has 2 rings (SSSR count). The number of ether oxygens (including phenoxy) is 3. The van der Waals surface area contributed by atoms with Crippen LogP contribution in [0.1, 0.15) is 6.42 Å². The monoisotopic (exact) mass is 261 g/mol. The fraction of sp³-hybridized carbons (Fsp3) is 0.909. The summed E-state index contributed by atoms with van der Waals surface area (Å²) in [6.45, 7) is 0.326. The highest BCUT2D eigenvalue weighted by atomic mass is 16.7. The number of fused-ring (bicyclic) bond motifs is 1. The van der Waals surface area contributed by atoms with Crippen LogP contribution in [0.3, 0.4) is 0 Å². The SMILES string of the molecule is COC(=O)[C@H]1[C@H](CO)ON2CCC(OC)(OC)[C@H]12. The molecule has 0 aromatic heterocycles. The van der Waals surface area contributed by atoms with Crippen molar-refractivity contribution in [3.8, 4) is 0 Å². The number of hydrogen-bond acceptors (Lipinski definition) is 7. The lowest BCUT2D eigenvalue weighted by molar-refractivity contribution is -0.238. The first kappa shape index (κ1) is 13.7. The molecule has 7 nitrogen and oxygen atoms in total. The van der Waals surface area contributed by atoms with Crippen molar-refractivity contribution in [3.63, 3.8) is 0 Å². The van der Waals surface area contributed by atoms with Crippen molar-refractivity contribution in [1.82, 2.24) is 5.06 Å². The number of aliphatic hydroxyl groups excluding tert-OH is 1. The summed E-state index contributed by atoms with van der Waals surface area (Å²) >= 11 is 0. The third-order valence-electron chi connectivity index (χ3n) is 3.80. The summed E-state index contributed by atoms with van der Waals surface area (Å²) in [7, 11) is 4.39. The first-order chi connectivity index (χ1) is 8.63. The van der Waals surface area contributed by atoms with Crippen LogP contribution in [0.25, 0.3) is 0 Å². The molecule has 2 heterocycles. The minimum Gasteiger partial charge on any atom is -0.469 e. The van der Waals surface area contributed by atoms with Gasteiger partial charge in [0.1, 0.15) is 18.1 Å². The molecule has 0 saturated carbocycles. The molecule has 0 aliphatic carbocycles. The molecule has 2 fully saturated rings. The zero-order valence-corrected chi connectivity index (χ0v) is 10.8. The van der Waals surface area contributed by atoms with Gasteiger partial charge in [0, 0.05) is 27.2 Å². The second-order valence-corrected chi connectivity index (χ2v) is 4.43. The zero-order chi connectivity index (χ0) is 13.3. The van der Waals surface area contributed by atoms with Crippen LogP contribution < -0.4 is 0 Å². The smallest absolute Gasteiger partial charge is 0.313 e. The van der Waals surface area contributed by atoms with Crippen molar-refractivity contribution in [3.05, 3.63) is 0 Å². The number of rotatable bonds is 4. The van der Waals surface area contributed by atoms with Crippen molar-refractivity contribution in [2.75, 3.05) is 34.5 Å². The molecule has 0 radical (unpaired) electrons. The van der Waals surface area contributed by atoms with Crippen LogP contribution >= 0.6 is 0 Å². The van der Waals surface area contributed by atoms with Crippen molar-refractivity contribution >= 4 is 5.97 Å². The molecule has 0 spiro atoms. The highest BCUT2D eigenvalue weighted by Crippen LogP contribution is 2.43. The van der Waals surface area contributed by atoms with Gasteiger partial charge in [0.2, 0.25) is 0 Å². The third kappa shape index (κ3) is 1.83. The molecule has 0 unspecified atom stereocenters. The second-order valence-electron chi connectivity index (χ2n) is 4.43. The first-order valence-electron chi connectivity index (χ1n) is 5.86. The summed E-state index contributed by atoms with van der Waals surface area (Å²) in [5.41, 5.74) is 0. The molecule has 2 aliphatic heterocycles. The van der Waals surface area contributed by atoms with Gasteiger partial charge >= 0.3 is 5.97 Å². The van der Waals surface area contributed by atoms with E-state index in [0.717, 1.165) is 0 Å². The van der Waals surface area contributed by atoms with Crippen LogP contribution in [0, 0.1) is 5.92 Å². The Kier molecular flexibility index (Phi) is 3.88. The normalized spacial score (nSPS) is 34.6. The maximum atomic E-state index is 11.9. The van der Waals surface area contributed by atoms with E-state index in [-0.39, 0.29) is 6.61 Å². The summed E-state index contributed by atoms with van der Waals surface area (Å²) < 4.78 is 15.7. The highest BCUT2D eigenvalue weighted by molar-refractivity contribution is 5.74. The molecular formula is C11H19NO6. The maximum absolute atomic E-state index is 11.9.